The Morgan fingerprint density at radius 3 is 2.61 bits per heavy atom. The van der Waals surface area contributed by atoms with Gasteiger partial charge >= 0.3 is 0 Å². The van der Waals surface area contributed by atoms with Crippen LogP contribution in [0.4, 0.5) is 0 Å². The van der Waals surface area contributed by atoms with Gasteiger partial charge in [-0.1, -0.05) is 6.07 Å². The summed E-state index contributed by atoms with van der Waals surface area (Å²) >= 11 is 0. The molecule has 6 nitrogen and oxygen atoms in total. The van der Waals surface area contributed by atoms with E-state index in [9.17, 15) is 5.11 Å². The number of hydrogen-bond donors (Lipinski definition) is 1. The van der Waals surface area contributed by atoms with Gasteiger partial charge in [0.15, 0.2) is 0 Å². The molecule has 1 unspecified atom stereocenters. The summed E-state index contributed by atoms with van der Waals surface area (Å²) < 4.78 is 13.0. The SMILES string of the molecule is CCOCc1cc(CN2[C@@H]3CC[C@H]2CC(O)(c2nccn2C)C3)ccc1OC. The topological polar surface area (TPSA) is 59.8 Å². The highest BCUT2D eigenvalue weighted by atomic mass is 16.5. The van der Waals surface area contributed by atoms with E-state index in [1.54, 1.807) is 13.3 Å². The molecular weight excluding hydrogens is 354 g/mol. The van der Waals surface area contributed by atoms with Crippen molar-refractivity contribution in [3.05, 3.63) is 47.5 Å². The summed E-state index contributed by atoms with van der Waals surface area (Å²) in [6, 6.07) is 7.16. The van der Waals surface area contributed by atoms with E-state index in [1.165, 1.54) is 5.56 Å². The minimum absolute atomic E-state index is 0.387. The van der Waals surface area contributed by atoms with E-state index in [1.807, 2.05) is 30.8 Å². The molecular formula is C22H31N3O3. The van der Waals surface area contributed by atoms with Crippen LogP contribution in [0.3, 0.4) is 0 Å². The molecule has 4 rings (SSSR count). The normalized spacial score (nSPS) is 27.3. The van der Waals surface area contributed by atoms with Crippen LogP contribution in [0.2, 0.25) is 0 Å². The standard InChI is InChI=1S/C22H31N3O3/c1-4-28-15-17-11-16(5-8-20(17)27-3)14-25-18-6-7-19(25)13-22(26,12-18)21-23-9-10-24(21)2/h5,8-11,18-19,26H,4,6-7,12-15H2,1-3H3/t18-,19+,22?. The molecule has 0 amide bonds. The van der Waals surface area contributed by atoms with Crippen LogP contribution < -0.4 is 4.74 Å². The number of methoxy groups -OCH3 is 1. The molecule has 0 aliphatic carbocycles. The fraction of sp³-hybridized carbons (Fsp3) is 0.591. The predicted molar refractivity (Wildman–Crippen MR) is 107 cm³/mol. The monoisotopic (exact) mass is 385 g/mol. The number of fused-ring (bicyclic) bond motifs is 2. The van der Waals surface area contributed by atoms with Crippen LogP contribution in [0.15, 0.2) is 30.6 Å². The molecule has 2 bridgehead atoms. The van der Waals surface area contributed by atoms with Gasteiger partial charge in [0.1, 0.15) is 17.2 Å². The summed E-state index contributed by atoms with van der Waals surface area (Å²) in [6.07, 6.45) is 7.46. The van der Waals surface area contributed by atoms with Gasteiger partial charge in [0.25, 0.3) is 0 Å². The first-order valence-corrected chi connectivity index (χ1v) is 10.2. The molecule has 2 saturated heterocycles. The Morgan fingerprint density at radius 2 is 2.00 bits per heavy atom. The number of aliphatic hydroxyl groups is 1. The molecule has 3 heterocycles. The van der Waals surface area contributed by atoms with Gasteiger partial charge in [-0.05, 0) is 50.3 Å². The van der Waals surface area contributed by atoms with Crippen molar-refractivity contribution in [3.8, 4) is 5.75 Å². The molecule has 0 radical (unpaired) electrons. The highest BCUT2D eigenvalue weighted by molar-refractivity contribution is 5.37. The molecule has 28 heavy (non-hydrogen) atoms. The molecule has 6 heteroatoms. The Labute approximate surface area is 167 Å². The maximum atomic E-state index is 11.3. The van der Waals surface area contributed by atoms with Crippen molar-refractivity contribution in [2.24, 2.45) is 7.05 Å². The largest absolute Gasteiger partial charge is 0.496 e. The summed E-state index contributed by atoms with van der Waals surface area (Å²) in [5.74, 6) is 1.68. The van der Waals surface area contributed by atoms with Crippen LogP contribution in [0.5, 0.6) is 5.75 Å². The molecule has 2 fully saturated rings. The third-order valence-electron chi connectivity index (χ3n) is 6.33. The second kappa shape index (κ2) is 7.85. The first kappa shape index (κ1) is 19.4. The fourth-order valence-corrected chi connectivity index (χ4v) is 5.04. The Hall–Kier alpha value is -1.89. The molecule has 0 spiro atoms. The zero-order chi connectivity index (χ0) is 19.7. The maximum Gasteiger partial charge on any atom is 0.140 e. The molecule has 2 aromatic rings. The summed E-state index contributed by atoms with van der Waals surface area (Å²) in [4.78, 5) is 7.02. The Morgan fingerprint density at radius 1 is 1.25 bits per heavy atom. The number of benzene rings is 1. The average Bonchev–Trinajstić information content (AvgIpc) is 3.22. The Bertz CT molecular complexity index is 805. The van der Waals surface area contributed by atoms with E-state index in [-0.39, 0.29) is 0 Å². The van der Waals surface area contributed by atoms with Gasteiger partial charge in [0.05, 0.1) is 13.7 Å². The van der Waals surface area contributed by atoms with Gasteiger partial charge in [-0.2, -0.15) is 0 Å². The number of ether oxygens (including phenoxy) is 2. The van der Waals surface area contributed by atoms with Crippen LogP contribution in [0.1, 0.15) is 49.6 Å². The maximum absolute atomic E-state index is 11.3. The lowest BCUT2D eigenvalue weighted by atomic mass is 9.85. The van der Waals surface area contributed by atoms with Crippen LogP contribution >= 0.6 is 0 Å². The second-order valence-corrected chi connectivity index (χ2v) is 8.14. The van der Waals surface area contributed by atoms with Crippen molar-refractivity contribution in [2.45, 2.75) is 63.4 Å². The molecule has 3 atom stereocenters. The zero-order valence-corrected chi connectivity index (χ0v) is 17.1. The second-order valence-electron chi connectivity index (χ2n) is 8.14. The van der Waals surface area contributed by atoms with Crippen LogP contribution in [0.25, 0.3) is 0 Å². The molecule has 2 aliphatic heterocycles. The van der Waals surface area contributed by atoms with Crippen LogP contribution in [-0.4, -0.2) is 45.4 Å². The van der Waals surface area contributed by atoms with E-state index in [0.717, 1.165) is 49.4 Å². The van der Waals surface area contributed by atoms with Gasteiger partial charge in [-0.25, -0.2) is 4.98 Å². The third-order valence-corrected chi connectivity index (χ3v) is 6.33. The van der Waals surface area contributed by atoms with E-state index in [2.05, 4.69) is 22.0 Å². The molecule has 1 N–H and O–H groups in total. The quantitative estimate of drug-likeness (QED) is 0.794. The van der Waals surface area contributed by atoms with Crippen molar-refractivity contribution >= 4 is 0 Å². The van der Waals surface area contributed by atoms with E-state index >= 15 is 0 Å². The van der Waals surface area contributed by atoms with Gasteiger partial charge < -0.3 is 19.1 Å². The highest BCUT2D eigenvalue weighted by Crippen LogP contribution is 2.45. The van der Waals surface area contributed by atoms with Crippen molar-refractivity contribution in [1.82, 2.24) is 14.5 Å². The number of piperidine rings is 1. The lowest BCUT2D eigenvalue weighted by Gasteiger charge is -2.43. The minimum Gasteiger partial charge on any atom is -0.496 e. The third kappa shape index (κ3) is 3.56. The molecule has 2 aliphatic rings. The first-order chi connectivity index (χ1) is 13.5. The molecule has 1 aromatic carbocycles. The van der Waals surface area contributed by atoms with E-state index < -0.39 is 5.60 Å². The van der Waals surface area contributed by atoms with Crippen molar-refractivity contribution in [1.29, 1.82) is 0 Å². The minimum atomic E-state index is -0.819. The molecule has 1 aromatic heterocycles. The van der Waals surface area contributed by atoms with Crippen molar-refractivity contribution < 1.29 is 14.6 Å². The van der Waals surface area contributed by atoms with Crippen LogP contribution in [0, 0.1) is 0 Å². The van der Waals surface area contributed by atoms with E-state index in [0.29, 0.717) is 25.3 Å². The van der Waals surface area contributed by atoms with Gasteiger partial charge in [0.2, 0.25) is 0 Å². The van der Waals surface area contributed by atoms with Gasteiger partial charge in [-0.15, -0.1) is 0 Å². The Kier molecular flexibility index (Phi) is 5.45. The Balaban J connectivity index is 1.51. The molecule has 152 valence electrons. The summed E-state index contributed by atoms with van der Waals surface area (Å²) in [7, 11) is 3.67. The number of aryl methyl sites for hydroxylation is 1. The summed E-state index contributed by atoms with van der Waals surface area (Å²) in [6.45, 7) is 4.16. The zero-order valence-electron chi connectivity index (χ0n) is 17.1. The smallest absolute Gasteiger partial charge is 0.140 e. The van der Waals surface area contributed by atoms with E-state index in [4.69, 9.17) is 9.47 Å². The van der Waals surface area contributed by atoms with Crippen LogP contribution in [-0.2, 0) is 30.5 Å². The van der Waals surface area contributed by atoms with Gasteiger partial charge in [0, 0.05) is 50.2 Å². The number of rotatable bonds is 7. The number of aromatic nitrogens is 2. The van der Waals surface area contributed by atoms with Crippen molar-refractivity contribution in [2.75, 3.05) is 13.7 Å². The number of imidazole rings is 1. The van der Waals surface area contributed by atoms with Crippen molar-refractivity contribution in [3.63, 3.8) is 0 Å². The average molecular weight is 386 g/mol. The van der Waals surface area contributed by atoms with Gasteiger partial charge in [-0.3, -0.25) is 4.90 Å². The summed E-state index contributed by atoms with van der Waals surface area (Å²) in [5, 5.41) is 11.3. The lowest BCUT2D eigenvalue weighted by Crippen LogP contribution is -2.50. The molecule has 0 saturated carbocycles. The first-order valence-electron chi connectivity index (χ1n) is 10.2. The predicted octanol–water partition coefficient (Wildman–Crippen LogP) is 2.98. The highest BCUT2D eigenvalue weighted by Gasteiger charge is 2.49. The number of hydrogen-bond acceptors (Lipinski definition) is 5. The summed E-state index contributed by atoms with van der Waals surface area (Å²) in [5.41, 5.74) is 1.55. The number of nitrogens with zero attached hydrogens (tertiary/aromatic N) is 3. The lowest BCUT2D eigenvalue weighted by molar-refractivity contribution is -0.0669. The fourth-order valence-electron chi connectivity index (χ4n) is 5.04.